The number of amides is 2. The molecule has 2 aromatic rings. The molecular formula is C42H56F6N6O6. The molecule has 332 valence electrons. The number of fused-ring (bicyclic) bond motifs is 8. The fourth-order valence-electron chi connectivity index (χ4n) is 9.55. The van der Waals surface area contributed by atoms with Gasteiger partial charge in [0.25, 0.3) is 11.1 Å². The Bertz CT molecular complexity index is 1870. The summed E-state index contributed by atoms with van der Waals surface area (Å²) in [5.41, 5.74) is 1.55. The van der Waals surface area contributed by atoms with Crippen molar-refractivity contribution in [2.24, 2.45) is 23.7 Å². The van der Waals surface area contributed by atoms with E-state index in [0.717, 1.165) is 12.8 Å². The molecule has 4 aliphatic heterocycles. The quantitative estimate of drug-likeness (QED) is 0.201. The van der Waals surface area contributed by atoms with Crippen molar-refractivity contribution < 1.29 is 46.1 Å². The lowest BCUT2D eigenvalue weighted by molar-refractivity contribution is -0.141. The van der Waals surface area contributed by atoms with Gasteiger partial charge in [-0.25, -0.2) is 0 Å². The average Bonchev–Trinajstić information content (AvgIpc) is 3.56. The molecule has 2 amide bonds. The number of aliphatic hydroxyl groups excluding tert-OH is 2. The minimum Gasteiger partial charge on any atom is -0.396 e. The fraction of sp³-hybridized carbons (Fsp3) is 0.619. The van der Waals surface area contributed by atoms with Crippen molar-refractivity contribution in [2.75, 3.05) is 39.4 Å². The number of hydrogen-bond donors (Lipinski definition) is 4. The van der Waals surface area contributed by atoms with Crippen molar-refractivity contribution in [3.63, 3.8) is 0 Å². The number of nitrogens with zero attached hydrogens (tertiary/aromatic N) is 4. The molecule has 0 radical (unpaired) electrons. The van der Waals surface area contributed by atoms with Crippen LogP contribution in [0, 0.1) is 23.7 Å². The van der Waals surface area contributed by atoms with Crippen LogP contribution >= 0.6 is 0 Å². The predicted molar refractivity (Wildman–Crippen MR) is 213 cm³/mol. The lowest BCUT2D eigenvalue weighted by Gasteiger charge is -2.38. The average molecular weight is 855 g/mol. The van der Waals surface area contributed by atoms with E-state index in [1.807, 2.05) is 13.8 Å². The second-order valence-electron chi connectivity index (χ2n) is 15.8. The van der Waals surface area contributed by atoms with E-state index in [1.165, 1.54) is 0 Å². The van der Waals surface area contributed by atoms with Crippen molar-refractivity contribution >= 4 is 24.0 Å². The van der Waals surface area contributed by atoms with Crippen molar-refractivity contribution in [3.05, 3.63) is 79.6 Å². The predicted octanol–water partition coefficient (Wildman–Crippen LogP) is 4.65. The number of rotatable bonds is 14. The van der Waals surface area contributed by atoms with Crippen LogP contribution in [0.5, 0.6) is 0 Å². The molecule has 0 spiro atoms. The fourth-order valence-corrected chi connectivity index (χ4v) is 9.55. The van der Waals surface area contributed by atoms with Gasteiger partial charge in [-0.1, -0.05) is 38.2 Å². The molecule has 4 bridgehead atoms. The third-order valence-electron chi connectivity index (χ3n) is 12.1. The van der Waals surface area contributed by atoms with Gasteiger partial charge in [0.05, 0.1) is 36.8 Å². The summed E-state index contributed by atoms with van der Waals surface area (Å²) in [5.74, 6) is -3.13. The van der Waals surface area contributed by atoms with Crippen LogP contribution in [-0.2, 0) is 22.7 Å². The third kappa shape index (κ3) is 9.76. The summed E-state index contributed by atoms with van der Waals surface area (Å²) in [6.07, 6.45) is -2.39. The first-order chi connectivity index (χ1) is 28.5. The highest BCUT2D eigenvalue weighted by Crippen LogP contribution is 2.50. The minimum atomic E-state index is -4.33. The summed E-state index contributed by atoms with van der Waals surface area (Å²) >= 11 is 0. The van der Waals surface area contributed by atoms with Gasteiger partial charge in [-0.05, 0) is 51.0 Å². The van der Waals surface area contributed by atoms with Crippen LogP contribution in [0.1, 0.15) is 88.0 Å². The SMILES string of the molecule is C/C=C/c1ccc2n(c1=O)C[C@H]1[C@H](CO)[C@@H](C(=O)NCCC)[C@@H]2N1CCC(F)(F)F.C/C=C\c1ccc2n(c1=O)C[C@H]1[C@H](CO)[C@@H](C(=O)NCCC)[C@@H]2N1CCC(F)(F)F. The number of hydrogen-bond acceptors (Lipinski definition) is 8. The number of aliphatic hydroxyl groups is 2. The van der Waals surface area contributed by atoms with E-state index in [-0.39, 0.29) is 62.3 Å². The zero-order valence-corrected chi connectivity index (χ0v) is 34.3. The maximum atomic E-state index is 13.0. The first-order valence-electron chi connectivity index (χ1n) is 20.6. The van der Waals surface area contributed by atoms with E-state index < -0.39 is 73.0 Å². The molecule has 12 nitrogen and oxygen atoms in total. The van der Waals surface area contributed by atoms with Gasteiger partial charge in [0.15, 0.2) is 0 Å². The molecule has 2 fully saturated rings. The number of carbonyl (C=O) groups is 2. The Morgan fingerprint density at radius 1 is 0.683 bits per heavy atom. The Morgan fingerprint density at radius 2 is 1.05 bits per heavy atom. The van der Waals surface area contributed by atoms with Crippen molar-refractivity contribution in [2.45, 2.75) is 103 Å². The highest BCUT2D eigenvalue weighted by Gasteiger charge is 2.57. The topological polar surface area (TPSA) is 149 Å². The molecular weight excluding hydrogens is 798 g/mol. The van der Waals surface area contributed by atoms with Crippen LogP contribution in [0.15, 0.2) is 46.0 Å². The van der Waals surface area contributed by atoms with Crippen LogP contribution in [-0.4, -0.2) is 105 Å². The number of aromatic nitrogens is 2. The smallest absolute Gasteiger partial charge is 0.390 e. The maximum absolute atomic E-state index is 13.0. The molecule has 4 N–H and O–H groups in total. The third-order valence-corrected chi connectivity index (χ3v) is 12.1. The number of nitrogens with one attached hydrogen (secondary N) is 2. The summed E-state index contributed by atoms with van der Waals surface area (Å²) in [6, 6.07) is 4.31. The van der Waals surface area contributed by atoms with E-state index in [0.29, 0.717) is 35.6 Å². The molecule has 2 saturated heterocycles. The summed E-state index contributed by atoms with van der Waals surface area (Å²) in [7, 11) is 0. The highest BCUT2D eigenvalue weighted by atomic mass is 19.4. The number of pyridine rings is 2. The molecule has 0 unspecified atom stereocenters. The van der Waals surface area contributed by atoms with Gasteiger partial charge in [-0.15, -0.1) is 0 Å². The monoisotopic (exact) mass is 854 g/mol. The molecule has 60 heavy (non-hydrogen) atoms. The summed E-state index contributed by atoms with van der Waals surface area (Å²) < 4.78 is 80.9. The molecule has 2 aromatic heterocycles. The first kappa shape index (κ1) is 46.8. The Labute approximate surface area is 344 Å². The van der Waals surface area contributed by atoms with E-state index in [2.05, 4.69) is 10.6 Å². The van der Waals surface area contributed by atoms with Crippen molar-refractivity contribution in [1.82, 2.24) is 29.6 Å². The lowest BCUT2D eigenvalue weighted by Crippen LogP contribution is -2.47. The Kier molecular flexibility index (Phi) is 15.3. The van der Waals surface area contributed by atoms with Crippen molar-refractivity contribution in [1.29, 1.82) is 0 Å². The van der Waals surface area contributed by atoms with Gasteiger partial charge in [-0.2, -0.15) is 26.3 Å². The highest BCUT2D eigenvalue weighted by molar-refractivity contribution is 5.81. The zero-order valence-electron chi connectivity index (χ0n) is 34.3. The lowest BCUT2D eigenvalue weighted by atomic mass is 9.86. The van der Waals surface area contributed by atoms with Gasteiger partial charge >= 0.3 is 12.4 Å². The molecule has 18 heteroatoms. The van der Waals surface area contributed by atoms with E-state index in [4.69, 9.17) is 0 Å². The Morgan fingerprint density at radius 3 is 1.35 bits per heavy atom. The summed E-state index contributed by atoms with van der Waals surface area (Å²) in [5, 5.41) is 25.8. The minimum absolute atomic E-state index is 0.150. The second kappa shape index (κ2) is 19.6. The van der Waals surface area contributed by atoms with E-state index in [1.54, 1.807) is 81.4 Å². The van der Waals surface area contributed by atoms with Crippen LogP contribution in [0.25, 0.3) is 12.2 Å². The van der Waals surface area contributed by atoms with Gasteiger partial charge < -0.3 is 30.0 Å². The first-order valence-corrected chi connectivity index (χ1v) is 20.6. The summed E-state index contributed by atoms with van der Waals surface area (Å²) in [4.78, 5) is 55.1. The molecule has 0 aromatic carbocycles. The number of alkyl halides is 6. The number of allylic oxidation sites excluding steroid dienone is 2. The van der Waals surface area contributed by atoms with Gasteiger partial charge in [0, 0.05) is 98.9 Å². The standard InChI is InChI=1S/2C21H28F3N3O3/c2*1-3-5-13-6-7-15-18-17(19(29)25-9-4-2)14(12-28)16(11-27(15)20(13)30)26(18)10-8-21(22,23)24/h2*3,5-7,14,16-18,28H,4,8-12H2,1-2H3,(H,25,29)/b5-3+;5-3-/t2*14-,16-,17+,18+/m00/s1. The molecule has 6 rings (SSSR count). The van der Waals surface area contributed by atoms with Gasteiger partial charge in [0.2, 0.25) is 11.8 Å². The largest absolute Gasteiger partial charge is 0.396 e. The zero-order chi connectivity index (χ0) is 44.1. The number of carbonyl (C=O) groups excluding carboxylic acids is 2. The van der Waals surface area contributed by atoms with E-state index in [9.17, 15) is 55.7 Å². The van der Waals surface area contributed by atoms with Crippen LogP contribution in [0.4, 0.5) is 26.3 Å². The van der Waals surface area contributed by atoms with Gasteiger partial charge in [0.1, 0.15) is 0 Å². The molecule has 0 aliphatic carbocycles. The second-order valence-corrected chi connectivity index (χ2v) is 15.8. The summed E-state index contributed by atoms with van der Waals surface area (Å²) in [6.45, 7) is 7.36. The van der Waals surface area contributed by atoms with Crippen molar-refractivity contribution in [3.8, 4) is 0 Å². The molecule has 8 atom stereocenters. The van der Waals surface area contributed by atoms with Crippen LogP contribution in [0.2, 0.25) is 0 Å². The maximum Gasteiger partial charge on any atom is 0.390 e. The number of halogens is 6. The van der Waals surface area contributed by atoms with E-state index >= 15 is 0 Å². The molecule has 4 aliphatic rings. The molecule has 6 heterocycles. The van der Waals surface area contributed by atoms with Gasteiger partial charge in [-0.3, -0.25) is 29.0 Å². The Hall–Kier alpha value is -4.26. The molecule has 0 saturated carbocycles. The van der Waals surface area contributed by atoms with Crippen LogP contribution < -0.4 is 21.8 Å². The Balaban J connectivity index is 0.000000228. The normalized spacial score (nSPS) is 26.2. The van der Waals surface area contributed by atoms with Crippen LogP contribution in [0.3, 0.4) is 0 Å².